The molecule has 0 bridgehead atoms. The van der Waals surface area contributed by atoms with Gasteiger partial charge >= 0.3 is 0 Å². The van der Waals surface area contributed by atoms with Gasteiger partial charge in [0, 0.05) is 30.2 Å². The summed E-state index contributed by atoms with van der Waals surface area (Å²) >= 11 is 1.39. The Balaban J connectivity index is 1.38. The Hall–Kier alpha value is -3.59. The predicted octanol–water partition coefficient (Wildman–Crippen LogP) is 2.67. The average Bonchev–Trinajstić information content (AvgIpc) is 3.24. The van der Waals surface area contributed by atoms with E-state index in [-0.39, 0.29) is 24.1 Å². The molecule has 0 fully saturated rings. The summed E-state index contributed by atoms with van der Waals surface area (Å²) in [6.07, 6.45) is 1.76. The van der Waals surface area contributed by atoms with E-state index in [1.807, 2.05) is 24.3 Å². The monoisotopic (exact) mass is 421 g/mol. The molecule has 152 valence electrons. The molecule has 2 aromatic carbocycles. The van der Waals surface area contributed by atoms with Gasteiger partial charge < -0.3 is 16.0 Å². The van der Waals surface area contributed by atoms with Gasteiger partial charge in [0.1, 0.15) is 0 Å². The number of thioether (sulfide) groups is 1. The van der Waals surface area contributed by atoms with E-state index in [1.165, 1.54) is 11.8 Å². The Labute approximate surface area is 177 Å². The van der Waals surface area contributed by atoms with Crippen LogP contribution in [-0.4, -0.2) is 39.8 Å². The minimum absolute atomic E-state index is 0.0707. The smallest absolute Gasteiger partial charge is 0.271 e. The molecule has 2 heterocycles. The van der Waals surface area contributed by atoms with E-state index in [1.54, 1.807) is 48.3 Å². The van der Waals surface area contributed by atoms with Gasteiger partial charge in [-0.15, -0.1) is 11.8 Å². The molecule has 0 saturated carbocycles. The van der Waals surface area contributed by atoms with Crippen molar-refractivity contribution < 1.29 is 14.4 Å². The first-order valence-corrected chi connectivity index (χ1v) is 10.2. The minimum atomic E-state index is -0.480. The highest BCUT2D eigenvalue weighted by Crippen LogP contribution is 2.36. The van der Waals surface area contributed by atoms with Crippen LogP contribution in [0, 0.1) is 0 Å². The van der Waals surface area contributed by atoms with Gasteiger partial charge in [-0.2, -0.15) is 5.10 Å². The lowest BCUT2D eigenvalue weighted by atomic mass is 10.2. The van der Waals surface area contributed by atoms with Crippen molar-refractivity contribution >= 4 is 40.9 Å². The number of fused-ring (bicyclic) bond motifs is 1. The van der Waals surface area contributed by atoms with E-state index in [9.17, 15) is 14.4 Å². The average molecular weight is 421 g/mol. The van der Waals surface area contributed by atoms with Crippen LogP contribution in [0.3, 0.4) is 0 Å². The normalized spacial score (nSPS) is 15.1. The van der Waals surface area contributed by atoms with Crippen molar-refractivity contribution in [3.05, 3.63) is 66.5 Å². The maximum atomic E-state index is 12.4. The van der Waals surface area contributed by atoms with Gasteiger partial charge in [0.25, 0.3) is 5.91 Å². The highest BCUT2D eigenvalue weighted by Gasteiger charge is 2.28. The molecule has 0 spiro atoms. The van der Waals surface area contributed by atoms with Crippen LogP contribution in [0.4, 0.5) is 11.4 Å². The van der Waals surface area contributed by atoms with Crippen molar-refractivity contribution in [3.63, 3.8) is 0 Å². The van der Waals surface area contributed by atoms with Gasteiger partial charge in [0.15, 0.2) is 5.69 Å². The summed E-state index contributed by atoms with van der Waals surface area (Å²) in [5.41, 5.74) is 2.46. The van der Waals surface area contributed by atoms with Crippen molar-refractivity contribution in [2.45, 2.75) is 16.6 Å². The standard InChI is InChI=1S/C21H19N5O3S/c1-22-20(28)16-10-11-26(25-16)14-8-6-13(7-9-14)23-19(27)12-18-21(29)24-15-4-2-3-5-17(15)30-18/h2-11,18H,12H2,1H3,(H,22,28)(H,23,27)(H,24,29)/t18-/m0/s1. The predicted molar refractivity (Wildman–Crippen MR) is 115 cm³/mol. The summed E-state index contributed by atoms with van der Waals surface area (Å²) in [7, 11) is 1.55. The van der Waals surface area contributed by atoms with Crippen LogP contribution in [0.25, 0.3) is 5.69 Å². The first-order valence-electron chi connectivity index (χ1n) is 9.28. The van der Waals surface area contributed by atoms with Crippen LogP contribution < -0.4 is 16.0 Å². The zero-order valence-corrected chi connectivity index (χ0v) is 16.9. The van der Waals surface area contributed by atoms with Crippen LogP contribution in [0.2, 0.25) is 0 Å². The molecule has 3 amide bonds. The zero-order chi connectivity index (χ0) is 21.1. The second-order valence-electron chi connectivity index (χ2n) is 6.62. The molecule has 1 aliphatic heterocycles. The molecule has 1 aliphatic rings. The number of amides is 3. The summed E-state index contributed by atoms with van der Waals surface area (Å²) in [6.45, 7) is 0. The number of benzene rings is 2. The zero-order valence-electron chi connectivity index (χ0n) is 16.1. The van der Waals surface area contributed by atoms with E-state index < -0.39 is 5.25 Å². The van der Waals surface area contributed by atoms with Crippen molar-refractivity contribution in [1.29, 1.82) is 0 Å². The Kier molecular flexibility index (Phi) is 5.53. The fourth-order valence-electron chi connectivity index (χ4n) is 3.02. The lowest BCUT2D eigenvalue weighted by molar-refractivity contribution is -0.120. The molecule has 0 aliphatic carbocycles. The number of hydrogen-bond acceptors (Lipinski definition) is 5. The van der Waals surface area contributed by atoms with Crippen molar-refractivity contribution in [2.75, 3.05) is 17.7 Å². The molecule has 8 nitrogen and oxygen atoms in total. The third-order valence-corrected chi connectivity index (χ3v) is 5.82. The molecule has 3 aromatic rings. The summed E-state index contributed by atoms with van der Waals surface area (Å²) in [5, 5.41) is 11.9. The number of nitrogens with zero attached hydrogens (tertiary/aromatic N) is 2. The second kappa shape index (κ2) is 8.42. The number of rotatable bonds is 5. The van der Waals surface area contributed by atoms with Crippen LogP contribution in [0.5, 0.6) is 0 Å². The number of nitrogens with one attached hydrogen (secondary N) is 3. The first-order chi connectivity index (χ1) is 14.5. The number of hydrogen-bond donors (Lipinski definition) is 3. The van der Waals surface area contributed by atoms with E-state index in [0.717, 1.165) is 16.3 Å². The summed E-state index contributed by atoms with van der Waals surface area (Å²) in [4.78, 5) is 37.3. The van der Waals surface area contributed by atoms with Crippen LogP contribution in [0.1, 0.15) is 16.9 Å². The van der Waals surface area contributed by atoms with Crippen molar-refractivity contribution in [1.82, 2.24) is 15.1 Å². The van der Waals surface area contributed by atoms with Gasteiger partial charge in [-0.05, 0) is 42.5 Å². The molecular formula is C21H19N5O3S. The van der Waals surface area contributed by atoms with Gasteiger partial charge in [0.2, 0.25) is 11.8 Å². The molecule has 0 radical (unpaired) electrons. The Bertz CT molecular complexity index is 1110. The Morgan fingerprint density at radius 2 is 1.90 bits per heavy atom. The fraction of sp³-hybridized carbons (Fsp3) is 0.143. The van der Waals surface area contributed by atoms with E-state index in [0.29, 0.717) is 11.4 Å². The molecule has 3 N–H and O–H groups in total. The third kappa shape index (κ3) is 4.20. The van der Waals surface area contributed by atoms with Crippen molar-refractivity contribution in [2.24, 2.45) is 0 Å². The van der Waals surface area contributed by atoms with Crippen molar-refractivity contribution in [3.8, 4) is 5.69 Å². The molecule has 1 atom stereocenters. The molecule has 0 unspecified atom stereocenters. The summed E-state index contributed by atoms with van der Waals surface area (Å²) < 4.78 is 1.58. The van der Waals surface area contributed by atoms with E-state index in [2.05, 4.69) is 21.0 Å². The van der Waals surface area contributed by atoms with Gasteiger partial charge in [-0.3, -0.25) is 14.4 Å². The molecule has 0 saturated heterocycles. The summed E-state index contributed by atoms with van der Waals surface area (Å²) in [5.74, 6) is -0.671. The Morgan fingerprint density at radius 3 is 2.67 bits per heavy atom. The van der Waals surface area contributed by atoms with E-state index >= 15 is 0 Å². The van der Waals surface area contributed by atoms with Crippen LogP contribution in [-0.2, 0) is 9.59 Å². The molecule has 4 rings (SSSR count). The lowest BCUT2D eigenvalue weighted by Crippen LogP contribution is -2.32. The van der Waals surface area contributed by atoms with Gasteiger partial charge in [-0.1, -0.05) is 12.1 Å². The molecule has 1 aromatic heterocycles. The molecule has 9 heteroatoms. The summed E-state index contributed by atoms with van der Waals surface area (Å²) in [6, 6.07) is 16.2. The maximum absolute atomic E-state index is 12.4. The largest absolute Gasteiger partial charge is 0.354 e. The molecule has 30 heavy (non-hydrogen) atoms. The van der Waals surface area contributed by atoms with E-state index in [4.69, 9.17) is 0 Å². The topological polar surface area (TPSA) is 105 Å². The number of carbonyl (C=O) groups is 3. The minimum Gasteiger partial charge on any atom is -0.354 e. The third-order valence-electron chi connectivity index (χ3n) is 4.54. The van der Waals surface area contributed by atoms with Crippen LogP contribution >= 0.6 is 11.8 Å². The number of anilines is 2. The van der Waals surface area contributed by atoms with Crippen LogP contribution in [0.15, 0.2) is 65.7 Å². The number of aromatic nitrogens is 2. The highest BCUT2D eigenvalue weighted by molar-refractivity contribution is 8.01. The second-order valence-corrected chi connectivity index (χ2v) is 7.86. The molecular weight excluding hydrogens is 402 g/mol. The van der Waals surface area contributed by atoms with Gasteiger partial charge in [-0.25, -0.2) is 4.68 Å². The van der Waals surface area contributed by atoms with Gasteiger partial charge in [0.05, 0.1) is 16.6 Å². The SMILES string of the molecule is CNC(=O)c1ccn(-c2ccc(NC(=O)C[C@@H]3Sc4ccccc4NC3=O)cc2)n1. The quantitative estimate of drug-likeness (QED) is 0.587. The number of para-hydroxylation sites is 1. The highest BCUT2D eigenvalue weighted by atomic mass is 32.2. The lowest BCUT2D eigenvalue weighted by Gasteiger charge is -2.23. The first kappa shape index (κ1) is 19.7. The number of carbonyl (C=O) groups excluding carboxylic acids is 3. The fourth-order valence-corrected chi connectivity index (χ4v) is 4.13. The Morgan fingerprint density at radius 1 is 1.13 bits per heavy atom. The maximum Gasteiger partial charge on any atom is 0.271 e.